The van der Waals surface area contributed by atoms with E-state index < -0.39 is 0 Å². The topological polar surface area (TPSA) is 68.5 Å². The number of thioether (sulfide) groups is 1. The maximum Gasteiger partial charge on any atom is 0.258 e. The van der Waals surface area contributed by atoms with E-state index in [9.17, 15) is 4.79 Å². The molecule has 0 unspecified atom stereocenters. The summed E-state index contributed by atoms with van der Waals surface area (Å²) in [5, 5.41) is 11.6. The molecule has 1 amide bonds. The van der Waals surface area contributed by atoms with Crippen LogP contribution in [0.4, 0.5) is 11.4 Å². The molecule has 0 aliphatic heterocycles. The lowest BCUT2D eigenvalue weighted by Gasteiger charge is -2.17. The SMILES string of the molecule is CSC(=Nc1ccc(C(=O)N(C)c2ccccc2)cc1)NC#N. The van der Waals surface area contributed by atoms with Crippen molar-refractivity contribution in [3.05, 3.63) is 60.2 Å². The number of amides is 1. The minimum Gasteiger partial charge on any atom is -0.311 e. The van der Waals surface area contributed by atoms with E-state index in [-0.39, 0.29) is 5.91 Å². The minimum absolute atomic E-state index is 0.0908. The first-order chi connectivity index (χ1) is 11.2. The second-order valence-corrected chi connectivity index (χ2v) is 5.40. The predicted octanol–water partition coefficient (Wildman–Crippen LogP) is 3.38. The van der Waals surface area contributed by atoms with Gasteiger partial charge in [0.2, 0.25) is 0 Å². The van der Waals surface area contributed by atoms with Crippen LogP contribution in [-0.2, 0) is 0 Å². The van der Waals surface area contributed by atoms with Gasteiger partial charge in [-0.25, -0.2) is 4.99 Å². The third kappa shape index (κ3) is 4.34. The number of carbonyl (C=O) groups excluding carboxylic acids is 1. The minimum atomic E-state index is -0.0908. The second kappa shape index (κ2) is 8.01. The van der Waals surface area contributed by atoms with Crippen LogP contribution in [0.5, 0.6) is 0 Å². The van der Waals surface area contributed by atoms with Gasteiger partial charge in [-0.05, 0) is 42.7 Å². The quantitative estimate of drug-likeness (QED) is 0.407. The predicted molar refractivity (Wildman–Crippen MR) is 95.0 cm³/mol. The summed E-state index contributed by atoms with van der Waals surface area (Å²) in [5.74, 6) is -0.0908. The number of hydrogen-bond acceptors (Lipinski definition) is 4. The molecular weight excluding hydrogens is 308 g/mol. The van der Waals surface area contributed by atoms with E-state index in [0.717, 1.165) is 5.69 Å². The van der Waals surface area contributed by atoms with Gasteiger partial charge < -0.3 is 4.90 Å². The van der Waals surface area contributed by atoms with Crippen LogP contribution in [0.25, 0.3) is 0 Å². The van der Waals surface area contributed by atoms with E-state index in [1.807, 2.05) is 42.8 Å². The molecular formula is C17H16N4OS. The van der Waals surface area contributed by atoms with Gasteiger partial charge in [0, 0.05) is 18.3 Å². The summed E-state index contributed by atoms with van der Waals surface area (Å²) in [7, 11) is 1.74. The molecule has 1 N–H and O–H groups in total. The molecule has 23 heavy (non-hydrogen) atoms. The Hall–Kier alpha value is -2.78. The van der Waals surface area contributed by atoms with E-state index in [4.69, 9.17) is 5.26 Å². The van der Waals surface area contributed by atoms with Gasteiger partial charge in [-0.1, -0.05) is 30.0 Å². The molecule has 116 valence electrons. The second-order valence-electron chi connectivity index (χ2n) is 4.60. The molecule has 0 heterocycles. The van der Waals surface area contributed by atoms with E-state index in [1.54, 1.807) is 36.2 Å². The fourth-order valence-corrected chi connectivity index (χ4v) is 2.28. The molecule has 0 saturated heterocycles. The monoisotopic (exact) mass is 324 g/mol. The number of nitrogens with one attached hydrogen (secondary N) is 1. The molecule has 0 aliphatic carbocycles. The number of nitrogens with zero attached hydrogens (tertiary/aromatic N) is 3. The van der Waals surface area contributed by atoms with E-state index in [1.165, 1.54) is 11.8 Å². The maximum absolute atomic E-state index is 12.5. The number of anilines is 1. The highest BCUT2D eigenvalue weighted by atomic mass is 32.2. The molecule has 6 heteroatoms. The first-order valence-electron chi connectivity index (χ1n) is 6.86. The highest BCUT2D eigenvalue weighted by Gasteiger charge is 2.12. The van der Waals surface area contributed by atoms with Gasteiger partial charge in [-0.15, -0.1) is 0 Å². The van der Waals surface area contributed by atoms with Crippen LogP contribution >= 0.6 is 11.8 Å². The van der Waals surface area contributed by atoms with Crippen LogP contribution in [0.2, 0.25) is 0 Å². The Balaban J connectivity index is 2.16. The average molecular weight is 324 g/mol. The van der Waals surface area contributed by atoms with Crippen LogP contribution < -0.4 is 10.2 Å². The van der Waals surface area contributed by atoms with E-state index in [2.05, 4.69) is 10.3 Å². The largest absolute Gasteiger partial charge is 0.311 e. The van der Waals surface area contributed by atoms with Gasteiger partial charge in [-0.3, -0.25) is 10.1 Å². The van der Waals surface area contributed by atoms with E-state index >= 15 is 0 Å². The Morgan fingerprint density at radius 3 is 2.39 bits per heavy atom. The third-order valence-corrected chi connectivity index (χ3v) is 3.73. The number of hydrogen-bond donors (Lipinski definition) is 1. The lowest BCUT2D eigenvalue weighted by molar-refractivity contribution is 0.0993. The zero-order valence-corrected chi connectivity index (χ0v) is 13.7. The summed E-state index contributed by atoms with van der Waals surface area (Å²) in [5.41, 5.74) is 2.09. The number of benzene rings is 2. The molecule has 2 rings (SSSR count). The van der Waals surface area contributed by atoms with Gasteiger partial charge in [0.25, 0.3) is 5.91 Å². The summed E-state index contributed by atoms with van der Waals surface area (Å²) in [6, 6.07) is 16.4. The van der Waals surface area contributed by atoms with Crippen molar-refractivity contribution < 1.29 is 4.79 Å². The summed E-state index contributed by atoms with van der Waals surface area (Å²) in [6.07, 6.45) is 3.67. The molecule has 0 saturated carbocycles. The highest BCUT2D eigenvalue weighted by Crippen LogP contribution is 2.18. The van der Waals surface area contributed by atoms with Crippen molar-refractivity contribution in [1.29, 1.82) is 5.26 Å². The lowest BCUT2D eigenvalue weighted by Crippen LogP contribution is -2.25. The van der Waals surface area contributed by atoms with Crippen molar-refractivity contribution in [2.45, 2.75) is 0 Å². The van der Waals surface area contributed by atoms with Gasteiger partial charge in [0.05, 0.1) is 5.69 Å². The lowest BCUT2D eigenvalue weighted by atomic mass is 10.1. The Bertz CT molecular complexity index is 735. The van der Waals surface area contributed by atoms with Crippen molar-refractivity contribution in [1.82, 2.24) is 5.32 Å². The van der Waals surface area contributed by atoms with Gasteiger partial charge in [0.1, 0.15) is 0 Å². The zero-order chi connectivity index (χ0) is 16.7. The molecule has 2 aromatic rings. The van der Waals surface area contributed by atoms with Gasteiger partial charge in [-0.2, -0.15) is 5.26 Å². The smallest absolute Gasteiger partial charge is 0.258 e. The number of rotatable bonds is 3. The van der Waals surface area contributed by atoms with Crippen LogP contribution in [0.1, 0.15) is 10.4 Å². The summed E-state index contributed by atoms with van der Waals surface area (Å²) < 4.78 is 0. The van der Waals surface area contributed by atoms with Crippen LogP contribution in [-0.4, -0.2) is 24.4 Å². The molecule has 0 aromatic heterocycles. The molecule has 0 radical (unpaired) electrons. The molecule has 0 bridgehead atoms. The normalized spacial score (nSPS) is 10.7. The fourth-order valence-electron chi connectivity index (χ4n) is 1.93. The molecule has 0 atom stereocenters. The number of para-hydroxylation sites is 1. The Morgan fingerprint density at radius 2 is 1.83 bits per heavy atom. The first-order valence-corrected chi connectivity index (χ1v) is 8.09. The number of carbonyl (C=O) groups is 1. The number of amidine groups is 1. The zero-order valence-electron chi connectivity index (χ0n) is 12.9. The van der Waals surface area contributed by atoms with E-state index in [0.29, 0.717) is 16.4 Å². The van der Waals surface area contributed by atoms with Crippen molar-refractivity contribution in [3.8, 4) is 6.19 Å². The fraction of sp³-hybridized carbons (Fsp3) is 0.118. The molecule has 5 nitrogen and oxygen atoms in total. The van der Waals surface area contributed by atoms with Crippen LogP contribution in [0, 0.1) is 11.5 Å². The average Bonchev–Trinajstić information content (AvgIpc) is 2.61. The number of aliphatic imine (C=N–C) groups is 1. The number of nitriles is 1. The first kappa shape index (κ1) is 16.6. The van der Waals surface area contributed by atoms with Gasteiger partial charge in [0.15, 0.2) is 11.4 Å². The molecule has 0 aliphatic rings. The highest BCUT2D eigenvalue weighted by molar-refractivity contribution is 8.13. The molecule has 0 fully saturated rings. The Labute approximate surface area is 139 Å². The molecule has 2 aromatic carbocycles. The van der Waals surface area contributed by atoms with Crippen LogP contribution in [0.3, 0.4) is 0 Å². The summed E-state index contributed by atoms with van der Waals surface area (Å²) in [4.78, 5) is 18.4. The van der Waals surface area contributed by atoms with Gasteiger partial charge >= 0.3 is 0 Å². The van der Waals surface area contributed by atoms with Crippen molar-refractivity contribution in [2.24, 2.45) is 4.99 Å². The maximum atomic E-state index is 12.5. The third-order valence-electron chi connectivity index (χ3n) is 3.15. The summed E-state index contributed by atoms with van der Waals surface area (Å²) >= 11 is 1.34. The Kier molecular flexibility index (Phi) is 5.78. The Morgan fingerprint density at radius 1 is 1.17 bits per heavy atom. The van der Waals surface area contributed by atoms with Crippen LogP contribution in [0.15, 0.2) is 59.6 Å². The molecule has 0 spiro atoms. The van der Waals surface area contributed by atoms with Crippen molar-refractivity contribution >= 4 is 34.2 Å². The standard InChI is InChI=1S/C17H16N4OS/c1-21(15-6-4-3-5-7-15)16(22)13-8-10-14(11-9-13)20-17(23-2)19-12-18/h3-11H,1-2H3,(H,19,20). The van der Waals surface area contributed by atoms with Crippen molar-refractivity contribution in [2.75, 3.05) is 18.2 Å². The summed E-state index contributed by atoms with van der Waals surface area (Å²) in [6.45, 7) is 0. The van der Waals surface area contributed by atoms with Crippen molar-refractivity contribution in [3.63, 3.8) is 0 Å².